The van der Waals surface area contributed by atoms with Gasteiger partial charge in [-0.25, -0.2) is 4.79 Å². The smallest absolute Gasteiger partial charge is 0.358 e. The highest BCUT2D eigenvalue weighted by Gasteiger charge is 2.23. The van der Waals surface area contributed by atoms with Crippen LogP contribution >= 0.6 is 0 Å². The Morgan fingerprint density at radius 1 is 1.29 bits per heavy atom. The van der Waals surface area contributed by atoms with Gasteiger partial charge in [-0.1, -0.05) is 38.0 Å². The zero-order valence-electron chi connectivity index (χ0n) is 12.0. The minimum absolute atomic E-state index is 0.00641. The van der Waals surface area contributed by atoms with Crippen LogP contribution in [0.2, 0.25) is 0 Å². The largest absolute Gasteiger partial charge is 0.476 e. The van der Waals surface area contributed by atoms with Gasteiger partial charge in [0.1, 0.15) is 0 Å². The first kappa shape index (κ1) is 13.8. The molecule has 0 aliphatic heterocycles. The minimum atomic E-state index is -1.04. The topological polar surface area (TPSA) is 75.1 Å². The van der Waals surface area contributed by atoms with Crippen LogP contribution in [0.5, 0.6) is 0 Å². The number of carboxylic acids is 1. The molecule has 0 spiro atoms. The lowest BCUT2D eigenvalue weighted by Gasteiger charge is -2.29. The van der Waals surface area contributed by atoms with Gasteiger partial charge in [0.15, 0.2) is 5.69 Å². The summed E-state index contributed by atoms with van der Waals surface area (Å²) in [6.45, 7) is 2.24. The number of aromatic carboxylic acids is 1. The summed E-state index contributed by atoms with van der Waals surface area (Å²) in [6.07, 6.45) is 4.56. The molecule has 1 heterocycles. The summed E-state index contributed by atoms with van der Waals surface area (Å²) in [5.41, 5.74) is 1.33. The van der Waals surface area contributed by atoms with E-state index in [0.29, 0.717) is 23.2 Å². The Labute approximate surface area is 123 Å². The first-order valence-electron chi connectivity index (χ1n) is 7.40. The highest BCUT2D eigenvalue weighted by molar-refractivity contribution is 6.02. The maximum absolute atomic E-state index is 11.4. The summed E-state index contributed by atoms with van der Waals surface area (Å²) < 4.78 is 0. The number of anilines is 1. The van der Waals surface area contributed by atoms with Crippen molar-refractivity contribution in [3.05, 3.63) is 30.0 Å². The van der Waals surface area contributed by atoms with Crippen LogP contribution in [-0.2, 0) is 0 Å². The van der Waals surface area contributed by atoms with Crippen molar-refractivity contribution in [2.75, 3.05) is 5.32 Å². The van der Waals surface area contributed by atoms with Crippen LogP contribution in [0, 0.1) is 5.92 Å². The van der Waals surface area contributed by atoms with Gasteiger partial charge in [0.25, 0.3) is 0 Å². The van der Waals surface area contributed by atoms with Crippen molar-refractivity contribution in [3.63, 3.8) is 0 Å². The number of fused-ring (bicyclic) bond motifs is 1. The Bertz CT molecular complexity index is 672. The molecule has 2 atom stereocenters. The molecule has 1 aromatic carbocycles. The van der Waals surface area contributed by atoms with Crippen molar-refractivity contribution in [2.45, 2.75) is 38.6 Å². The van der Waals surface area contributed by atoms with Crippen molar-refractivity contribution >= 4 is 22.6 Å². The van der Waals surface area contributed by atoms with E-state index in [1.165, 1.54) is 12.8 Å². The predicted octanol–water partition coefficient (Wildman–Crippen LogP) is 3.32. The summed E-state index contributed by atoms with van der Waals surface area (Å²) in [5, 5.41) is 21.5. The second kappa shape index (κ2) is 5.68. The number of nitrogens with zero attached hydrogens (tertiary/aromatic N) is 2. The summed E-state index contributed by atoms with van der Waals surface area (Å²) >= 11 is 0. The molecule has 110 valence electrons. The molecule has 1 fully saturated rings. The summed E-state index contributed by atoms with van der Waals surface area (Å²) in [7, 11) is 0. The Morgan fingerprint density at radius 2 is 2.10 bits per heavy atom. The first-order valence-corrected chi connectivity index (χ1v) is 7.40. The van der Waals surface area contributed by atoms with Crippen molar-refractivity contribution in [1.29, 1.82) is 0 Å². The first-order chi connectivity index (χ1) is 10.1. The van der Waals surface area contributed by atoms with Crippen LogP contribution in [0.3, 0.4) is 0 Å². The number of hydrogen-bond acceptors (Lipinski definition) is 4. The average molecular weight is 285 g/mol. The molecule has 1 aliphatic rings. The molecule has 1 aromatic heterocycles. The molecule has 0 bridgehead atoms. The molecule has 2 N–H and O–H groups in total. The van der Waals surface area contributed by atoms with E-state index in [1.807, 2.05) is 24.3 Å². The van der Waals surface area contributed by atoms with Crippen molar-refractivity contribution < 1.29 is 9.90 Å². The third-order valence-electron chi connectivity index (χ3n) is 4.16. The van der Waals surface area contributed by atoms with E-state index < -0.39 is 5.97 Å². The average Bonchev–Trinajstić information content (AvgIpc) is 2.47. The Hall–Kier alpha value is -2.17. The van der Waals surface area contributed by atoms with Gasteiger partial charge in [-0.2, -0.15) is 0 Å². The number of carboxylic acid groups (broad SMARTS) is 1. The van der Waals surface area contributed by atoms with E-state index in [0.717, 1.165) is 18.2 Å². The molecule has 1 saturated carbocycles. The zero-order valence-corrected chi connectivity index (χ0v) is 12.0. The summed E-state index contributed by atoms with van der Waals surface area (Å²) in [4.78, 5) is 11.4. The molecule has 2 aromatic rings. The maximum atomic E-state index is 11.4. The summed E-state index contributed by atoms with van der Waals surface area (Å²) in [5.74, 6) is -0.370. The second-order valence-electron chi connectivity index (χ2n) is 5.86. The second-order valence-corrected chi connectivity index (χ2v) is 5.86. The molecular formula is C16H19N3O2. The number of aromatic nitrogens is 2. The SMILES string of the molecule is CC1CCCC(Nc2c(C(=O)O)nnc3ccccc23)C1. The fourth-order valence-electron chi connectivity index (χ4n) is 3.12. The number of carbonyl (C=O) groups is 1. The van der Waals surface area contributed by atoms with E-state index in [-0.39, 0.29) is 5.69 Å². The minimum Gasteiger partial charge on any atom is -0.476 e. The van der Waals surface area contributed by atoms with E-state index in [2.05, 4.69) is 22.4 Å². The number of rotatable bonds is 3. The van der Waals surface area contributed by atoms with Crippen LogP contribution < -0.4 is 5.32 Å². The van der Waals surface area contributed by atoms with Gasteiger partial charge >= 0.3 is 5.97 Å². The molecule has 0 radical (unpaired) electrons. The lowest BCUT2D eigenvalue weighted by Crippen LogP contribution is -2.27. The molecule has 5 heteroatoms. The lowest BCUT2D eigenvalue weighted by molar-refractivity contribution is 0.0690. The Morgan fingerprint density at radius 3 is 2.86 bits per heavy atom. The zero-order chi connectivity index (χ0) is 14.8. The number of benzene rings is 1. The third-order valence-corrected chi connectivity index (χ3v) is 4.16. The van der Waals surface area contributed by atoms with Crippen LogP contribution in [0.1, 0.15) is 43.1 Å². The van der Waals surface area contributed by atoms with Gasteiger partial charge in [-0.05, 0) is 24.8 Å². The fourth-order valence-corrected chi connectivity index (χ4v) is 3.12. The Kier molecular flexibility index (Phi) is 3.73. The molecule has 5 nitrogen and oxygen atoms in total. The van der Waals surface area contributed by atoms with E-state index >= 15 is 0 Å². The normalized spacial score (nSPS) is 22.1. The molecule has 21 heavy (non-hydrogen) atoms. The van der Waals surface area contributed by atoms with Crippen LogP contribution in [0.15, 0.2) is 24.3 Å². The molecular weight excluding hydrogens is 266 g/mol. The van der Waals surface area contributed by atoms with E-state index in [9.17, 15) is 9.90 Å². The van der Waals surface area contributed by atoms with E-state index in [4.69, 9.17) is 0 Å². The van der Waals surface area contributed by atoms with Gasteiger partial charge in [0, 0.05) is 11.4 Å². The van der Waals surface area contributed by atoms with Gasteiger partial charge in [0.05, 0.1) is 11.2 Å². The number of nitrogens with one attached hydrogen (secondary N) is 1. The highest BCUT2D eigenvalue weighted by atomic mass is 16.4. The molecule has 0 saturated heterocycles. The van der Waals surface area contributed by atoms with Crippen molar-refractivity contribution in [2.24, 2.45) is 5.92 Å². The monoisotopic (exact) mass is 285 g/mol. The maximum Gasteiger partial charge on any atom is 0.358 e. The van der Waals surface area contributed by atoms with Crippen LogP contribution in [0.4, 0.5) is 5.69 Å². The van der Waals surface area contributed by atoms with Gasteiger partial charge in [-0.15, -0.1) is 10.2 Å². The predicted molar refractivity (Wildman–Crippen MR) is 81.5 cm³/mol. The molecule has 3 rings (SSSR count). The Balaban J connectivity index is 2.01. The molecule has 2 unspecified atom stereocenters. The van der Waals surface area contributed by atoms with Gasteiger partial charge in [-0.3, -0.25) is 0 Å². The standard InChI is InChI=1S/C16H19N3O2/c1-10-5-4-6-11(9-10)17-14-12-7-2-3-8-13(12)18-19-15(14)16(20)21/h2-3,7-8,10-11H,4-6,9H2,1H3,(H,17,18)(H,20,21). The fraction of sp³-hybridized carbons (Fsp3) is 0.438. The molecule has 0 amide bonds. The summed E-state index contributed by atoms with van der Waals surface area (Å²) in [6, 6.07) is 7.82. The van der Waals surface area contributed by atoms with Gasteiger partial charge in [0.2, 0.25) is 0 Å². The lowest BCUT2D eigenvalue weighted by atomic mass is 9.87. The number of hydrogen-bond donors (Lipinski definition) is 2. The highest BCUT2D eigenvalue weighted by Crippen LogP contribution is 2.30. The van der Waals surface area contributed by atoms with E-state index in [1.54, 1.807) is 0 Å². The van der Waals surface area contributed by atoms with Gasteiger partial charge < -0.3 is 10.4 Å². The van der Waals surface area contributed by atoms with Crippen LogP contribution in [-0.4, -0.2) is 27.3 Å². The van der Waals surface area contributed by atoms with Crippen LogP contribution in [0.25, 0.3) is 10.9 Å². The van der Waals surface area contributed by atoms with Crippen molar-refractivity contribution in [1.82, 2.24) is 10.2 Å². The quantitative estimate of drug-likeness (QED) is 0.904. The third kappa shape index (κ3) is 2.82. The molecule has 1 aliphatic carbocycles. The van der Waals surface area contributed by atoms with Crippen molar-refractivity contribution in [3.8, 4) is 0 Å².